The Morgan fingerprint density at radius 2 is 1.74 bits per heavy atom. The number of amides is 2. The Hall–Kier alpha value is -2.10. The van der Waals surface area contributed by atoms with Crippen molar-refractivity contribution >= 4 is 17.9 Å². The molecule has 0 atom stereocenters. The zero-order valence-electron chi connectivity index (χ0n) is 14.3. The van der Waals surface area contributed by atoms with Crippen molar-refractivity contribution in [1.82, 2.24) is 4.90 Å². The summed E-state index contributed by atoms with van der Waals surface area (Å²) in [5.41, 5.74) is 10.00. The molecule has 1 aromatic carbocycles. The molecule has 1 aliphatic rings. The summed E-state index contributed by atoms with van der Waals surface area (Å²) in [4.78, 5) is 25.1. The van der Waals surface area contributed by atoms with E-state index in [1.165, 1.54) is 16.7 Å². The highest BCUT2D eigenvalue weighted by Gasteiger charge is 2.22. The van der Waals surface area contributed by atoms with Crippen LogP contribution in [0.4, 0.5) is 0 Å². The molecule has 4 heteroatoms. The molecule has 0 spiro atoms. The lowest BCUT2D eigenvalue weighted by Gasteiger charge is -2.30. The van der Waals surface area contributed by atoms with Crippen molar-refractivity contribution in [2.24, 2.45) is 11.7 Å². The first kappa shape index (κ1) is 17.3. The van der Waals surface area contributed by atoms with Crippen molar-refractivity contribution in [3.63, 3.8) is 0 Å². The molecule has 2 rings (SSSR count). The van der Waals surface area contributed by atoms with Gasteiger partial charge in [-0.1, -0.05) is 12.1 Å². The fourth-order valence-electron chi connectivity index (χ4n) is 3.07. The second-order valence-corrected chi connectivity index (χ2v) is 6.57. The molecule has 0 bridgehead atoms. The highest BCUT2D eigenvalue weighted by Crippen LogP contribution is 2.21. The number of hydrogen-bond acceptors (Lipinski definition) is 2. The number of carbonyl (C=O) groups is 2. The molecular weight excluding hydrogens is 288 g/mol. The zero-order valence-corrected chi connectivity index (χ0v) is 14.3. The topological polar surface area (TPSA) is 63.4 Å². The smallest absolute Gasteiger partial charge is 0.246 e. The second-order valence-electron chi connectivity index (χ2n) is 6.57. The van der Waals surface area contributed by atoms with E-state index < -0.39 is 0 Å². The minimum Gasteiger partial charge on any atom is -0.370 e. The normalized spacial score (nSPS) is 16.0. The van der Waals surface area contributed by atoms with Gasteiger partial charge in [0.2, 0.25) is 11.8 Å². The predicted octanol–water partition coefficient (Wildman–Crippen LogP) is 2.74. The average Bonchev–Trinajstić information content (AvgIpc) is 2.49. The standard InChI is InChI=1S/C19H26N2O2/c1-13-10-15(3)17(11-14(13)2)4-5-19(23)21-8-6-16(7-9-21)12-18(20)22/h4-5,10-11,16H,6-9,12H2,1-3H3,(H2,20,22). The van der Waals surface area contributed by atoms with Gasteiger partial charge in [-0.15, -0.1) is 0 Å². The maximum atomic E-state index is 12.3. The Kier molecular flexibility index (Phi) is 5.59. The van der Waals surface area contributed by atoms with Crippen LogP contribution in [0.1, 0.15) is 41.5 Å². The molecule has 0 radical (unpaired) electrons. The van der Waals surface area contributed by atoms with E-state index in [1.807, 2.05) is 11.0 Å². The summed E-state index contributed by atoms with van der Waals surface area (Å²) in [6.45, 7) is 7.64. The van der Waals surface area contributed by atoms with Gasteiger partial charge in [0.15, 0.2) is 0 Å². The molecule has 0 aliphatic carbocycles. The summed E-state index contributed by atoms with van der Waals surface area (Å²) in [6.07, 6.45) is 5.70. The highest BCUT2D eigenvalue weighted by atomic mass is 16.2. The number of rotatable bonds is 4. The van der Waals surface area contributed by atoms with Gasteiger partial charge in [-0.25, -0.2) is 0 Å². The molecule has 1 fully saturated rings. The number of carbonyl (C=O) groups excluding carboxylic acids is 2. The second kappa shape index (κ2) is 7.44. The van der Waals surface area contributed by atoms with Crippen LogP contribution in [0.25, 0.3) is 6.08 Å². The maximum Gasteiger partial charge on any atom is 0.246 e. The van der Waals surface area contributed by atoms with Crippen LogP contribution >= 0.6 is 0 Å². The molecule has 1 aromatic rings. The number of aryl methyl sites for hydroxylation is 3. The van der Waals surface area contributed by atoms with Crippen LogP contribution in [0.5, 0.6) is 0 Å². The number of nitrogens with two attached hydrogens (primary N) is 1. The Bertz CT molecular complexity index is 627. The molecule has 1 heterocycles. The molecule has 2 amide bonds. The summed E-state index contributed by atoms with van der Waals surface area (Å²) in [7, 11) is 0. The van der Waals surface area contributed by atoms with Gasteiger partial charge in [0.25, 0.3) is 0 Å². The van der Waals surface area contributed by atoms with Gasteiger partial charge in [0.05, 0.1) is 0 Å². The summed E-state index contributed by atoms with van der Waals surface area (Å²) < 4.78 is 0. The zero-order chi connectivity index (χ0) is 17.0. The van der Waals surface area contributed by atoms with Gasteiger partial charge in [0.1, 0.15) is 0 Å². The highest BCUT2D eigenvalue weighted by molar-refractivity contribution is 5.92. The largest absolute Gasteiger partial charge is 0.370 e. The third-order valence-corrected chi connectivity index (χ3v) is 4.70. The lowest BCUT2D eigenvalue weighted by molar-refractivity contribution is -0.127. The van der Waals surface area contributed by atoms with E-state index >= 15 is 0 Å². The lowest BCUT2D eigenvalue weighted by atomic mass is 9.93. The number of benzene rings is 1. The first-order chi connectivity index (χ1) is 10.9. The molecule has 124 valence electrons. The molecule has 0 saturated carbocycles. The van der Waals surface area contributed by atoms with Crippen LogP contribution in [0, 0.1) is 26.7 Å². The Labute approximate surface area is 138 Å². The van der Waals surface area contributed by atoms with Gasteiger partial charge >= 0.3 is 0 Å². The minimum atomic E-state index is -0.250. The van der Waals surface area contributed by atoms with E-state index in [2.05, 4.69) is 32.9 Å². The average molecular weight is 314 g/mol. The number of primary amides is 1. The van der Waals surface area contributed by atoms with Gasteiger partial charge in [-0.05, 0) is 67.9 Å². The monoisotopic (exact) mass is 314 g/mol. The Morgan fingerprint density at radius 1 is 1.13 bits per heavy atom. The van der Waals surface area contributed by atoms with Crippen molar-refractivity contribution in [3.05, 3.63) is 40.5 Å². The first-order valence-electron chi connectivity index (χ1n) is 8.20. The lowest BCUT2D eigenvalue weighted by Crippen LogP contribution is -2.38. The van der Waals surface area contributed by atoms with Gasteiger partial charge in [0, 0.05) is 25.6 Å². The van der Waals surface area contributed by atoms with Gasteiger partial charge in [-0.3, -0.25) is 9.59 Å². The number of piperidine rings is 1. The van der Waals surface area contributed by atoms with E-state index in [-0.39, 0.29) is 11.8 Å². The van der Waals surface area contributed by atoms with Crippen LogP contribution in [0.2, 0.25) is 0 Å². The molecule has 0 unspecified atom stereocenters. The van der Waals surface area contributed by atoms with E-state index in [9.17, 15) is 9.59 Å². The van der Waals surface area contributed by atoms with Crippen LogP contribution < -0.4 is 5.73 Å². The van der Waals surface area contributed by atoms with E-state index in [4.69, 9.17) is 5.73 Å². The molecular formula is C19H26N2O2. The number of hydrogen-bond donors (Lipinski definition) is 1. The SMILES string of the molecule is Cc1cc(C)c(C=CC(=O)N2CCC(CC(N)=O)CC2)cc1C. The van der Waals surface area contributed by atoms with Crippen molar-refractivity contribution in [3.8, 4) is 0 Å². The summed E-state index contributed by atoms with van der Waals surface area (Å²) in [6, 6.07) is 4.27. The van der Waals surface area contributed by atoms with Crippen molar-refractivity contribution in [2.75, 3.05) is 13.1 Å². The fourth-order valence-corrected chi connectivity index (χ4v) is 3.07. The number of likely N-dealkylation sites (tertiary alicyclic amines) is 1. The van der Waals surface area contributed by atoms with Crippen molar-refractivity contribution in [1.29, 1.82) is 0 Å². The maximum absolute atomic E-state index is 12.3. The molecule has 1 aliphatic heterocycles. The van der Waals surface area contributed by atoms with Crippen LogP contribution in [-0.4, -0.2) is 29.8 Å². The third kappa shape index (κ3) is 4.68. The molecule has 4 nitrogen and oxygen atoms in total. The Balaban J connectivity index is 1.95. The fraction of sp³-hybridized carbons (Fsp3) is 0.474. The van der Waals surface area contributed by atoms with E-state index in [0.29, 0.717) is 25.4 Å². The van der Waals surface area contributed by atoms with E-state index in [1.54, 1.807) is 6.08 Å². The first-order valence-corrected chi connectivity index (χ1v) is 8.20. The number of nitrogens with zero attached hydrogens (tertiary/aromatic N) is 1. The summed E-state index contributed by atoms with van der Waals surface area (Å²) in [5, 5.41) is 0. The third-order valence-electron chi connectivity index (χ3n) is 4.70. The summed E-state index contributed by atoms with van der Waals surface area (Å²) >= 11 is 0. The van der Waals surface area contributed by atoms with Gasteiger partial charge < -0.3 is 10.6 Å². The molecule has 1 saturated heterocycles. The van der Waals surface area contributed by atoms with Gasteiger partial charge in [-0.2, -0.15) is 0 Å². The molecule has 23 heavy (non-hydrogen) atoms. The van der Waals surface area contributed by atoms with Crippen molar-refractivity contribution < 1.29 is 9.59 Å². The molecule has 2 N–H and O–H groups in total. The Morgan fingerprint density at radius 3 is 2.35 bits per heavy atom. The quantitative estimate of drug-likeness (QED) is 0.869. The van der Waals surface area contributed by atoms with Crippen LogP contribution in [-0.2, 0) is 9.59 Å². The van der Waals surface area contributed by atoms with Crippen molar-refractivity contribution in [2.45, 2.75) is 40.0 Å². The predicted molar refractivity (Wildman–Crippen MR) is 92.8 cm³/mol. The van der Waals surface area contributed by atoms with Crippen LogP contribution in [0.3, 0.4) is 0 Å². The minimum absolute atomic E-state index is 0.0418. The molecule has 0 aromatic heterocycles. The summed E-state index contributed by atoms with van der Waals surface area (Å²) in [5.74, 6) is 0.113. The van der Waals surface area contributed by atoms with E-state index in [0.717, 1.165) is 18.4 Å². The van der Waals surface area contributed by atoms with Crippen LogP contribution in [0.15, 0.2) is 18.2 Å².